The van der Waals surface area contributed by atoms with E-state index in [-0.39, 0.29) is 0 Å². The molecule has 92 valence electrons. The molecule has 2 saturated carbocycles. The zero-order valence-electron chi connectivity index (χ0n) is 10.1. The molecule has 3 nitrogen and oxygen atoms in total. The van der Waals surface area contributed by atoms with E-state index in [9.17, 15) is 0 Å². The van der Waals surface area contributed by atoms with Gasteiger partial charge in [-0.3, -0.25) is 0 Å². The van der Waals surface area contributed by atoms with Gasteiger partial charge in [0.1, 0.15) is 16.2 Å². The van der Waals surface area contributed by atoms with Gasteiger partial charge in [0.2, 0.25) is 0 Å². The summed E-state index contributed by atoms with van der Waals surface area (Å²) in [7, 11) is 0. The van der Waals surface area contributed by atoms with E-state index in [0.717, 1.165) is 40.5 Å². The summed E-state index contributed by atoms with van der Waals surface area (Å²) >= 11 is 3.41. The van der Waals surface area contributed by atoms with Gasteiger partial charge in [0, 0.05) is 12.6 Å². The maximum atomic E-state index is 4.40. The van der Waals surface area contributed by atoms with Crippen molar-refractivity contribution in [2.75, 3.05) is 11.9 Å². The van der Waals surface area contributed by atoms with Gasteiger partial charge in [-0.1, -0.05) is 6.42 Å². The summed E-state index contributed by atoms with van der Waals surface area (Å²) < 4.78 is 0.862. The Labute approximate surface area is 111 Å². The van der Waals surface area contributed by atoms with Crippen LogP contribution in [0.25, 0.3) is 0 Å². The Bertz CT molecular complexity index is 401. The summed E-state index contributed by atoms with van der Waals surface area (Å²) in [5, 5.41) is 3.47. The Hall–Kier alpha value is -0.640. The second-order valence-corrected chi connectivity index (χ2v) is 6.25. The van der Waals surface area contributed by atoms with E-state index in [1.165, 1.54) is 25.7 Å². The van der Waals surface area contributed by atoms with Gasteiger partial charge in [0.25, 0.3) is 0 Å². The van der Waals surface area contributed by atoms with E-state index in [1.54, 1.807) is 0 Å². The molecule has 2 bridgehead atoms. The normalized spacial score (nSPS) is 30.8. The average Bonchev–Trinajstić information content (AvgIpc) is 2.86. The van der Waals surface area contributed by atoms with Crippen molar-refractivity contribution < 1.29 is 0 Å². The number of hydrogen-bond donors (Lipinski definition) is 1. The minimum Gasteiger partial charge on any atom is -0.370 e. The molecule has 3 unspecified atom stereocenters. The minimum absolute atomic E-state index is 0.815. The fourth-order valence-corrected chi connectivity index (χ4v) is 3.96. The highest BCUT2D eigenvalue weighted by Crippen LogP contribution is 2.48. The molecule has 4 heteroatoms. The summed E-state index contributed by atoms with van der Waals surface area (Å²) in [6.07, 6.45) is 5.81. The second-order valence-electron chi connectivity index (χ2n) is 5.44. The van der Waals surface area contributed by atoms with Crippen molar-refractivity contribution in [1.82, 2.24) is 9.97 Å². The van der Waals surface area contributed by atoms with Crippen molar-refractivity contribution in [2.45, 2.75) is 32.6 Å². The molecule has 0 amide bonds. The van der Waals surface area contributed by atoms with E-state index in [1.807, 2.05) is 13.0 Å². The number of halogens is 1. The molecule has 0 aromatic carbocycles. The SMILES string of the molecule is Cc1nc(Br)cc(NCC2CC3CCC2C3)n1. The van der Waals surface area contributed by atoms with Crippen LogP contribution in [0.15, 0.2) is 10.7 Å². The first-order valence-electron chi connectivity index (χ1n) is 6.46. The van der Waals surface area contributed by atoms with Gasteiger partial charge in [0.05, 0.1) is 0 Å². The van der Waals surface area contributed by atoms with Gasteiger partial charge < -0.3 is 5.32 Å². The first-order chi connectivity index (χ1) is 8.20. The molecule has 1 N–H and O–H groups in total. The molecule has 3 atom stereocenters. The number of anilines is 1. The van der Waals surface area contributed by atoms with Crippen LogP contribution in [0.2, 0.25) is 0 Å². The molecule has 2 aliphatic rings. The third kappa shape index (κ3) is 2.46. The maximum Gasteiger partial charge on any atom is 0.130 e. The molecule has 0 spiro atoms. The van der Waals surface area contributed by atoms with Gasteiger partial charge >= 0.3 is 0 Å². The standard InChI is InChI=1S/C13H18BrN3/c1-8-16-12(14)6-13(17-8)15-7-11-5-9-2-3-10(11)4-9/h6,9-11H,2-5,7H2,1H3,(H,15,16,17). The number of nitrogens with zero attached hydrogens (tertiary/aromatic N) is 2. The molecule has 3 rings (SSSR count). The quantitative estimate of drug-likeness (QED) is 0.869. The van der Waals surface area contributed by atoms with Crippen molar-refractivity contribution in [3.05, 3.63) is 16.5 Å². The summed E-state index contributed by atoms with van der Waals surface area (Å²) in [6, 6.07) is 1.96. The van der Waals surface area contributed by atoms with Crippen LogP contribution >= 0.6 is 15.9 Å². The highest BCUT2D eigenvalue weighted by molar-refractivity contribution is 9.10. The van der Waals surface area contributed by atoms with E-state index >= 15 is 0 Å². The number of aromatic nitrogens is 2. The third-order valence-electron chi connectivity index (χ3n) is 4.24. The van der Waals surface area contributed by atoms with E-state index in [0.29, 0.717) is 0 Å². The molecule has 1 aromatic rings. The Morgan fingerprint density at radius 2 is 2.24 bits per heavy atom. The molecule has 2 aliphatic carbocycles. The van der Waals surface area contributed by atoms with Gasteiger partial charge in [-0.05, 0) is 59.9 Å². The van der Waals surface area contributed by atoms with Crippen LogP contribution in [-0.2, 0) is 0 Å². The summed E-state index contributed by atoms with van der Waals surface area (Å²) in [4.78, 5) is 8.62. The van der Waals surface area contributed by atoms with Crippen LogP contribution in [0, 0.1) is 24.7 Å². The molecule has 2 fully saturated rings. The fourth-order valence-electron chi connectivity index (χ4n) is 3.48. The number of rotatable bonds is 3. The van der Waals surface area contributed by atoms with E-state index in [4.69, 9.17) is 0 Å². The Kier molecular flexibility index (Phi) is 3.07. The zero-order valence-corrected chi connectivity index (χ0v) is 11.7. The Balaban J connectivity index is 1.60. The first kappa shape index (κ1) is 11.5. The van der Waals surface area contributed by atoms with Gasteiger partial charge in [-0.2, -0.15) is 0 Å². The van der Waals surface area contributed by atoms with E-state index in [2.05, 4.69) is 31.2 Å². The number of nitrogens with one attached hydrogen (secondary N) is 1. The molecule has 0 aliphatic heterocycles. The molecule has 1 aromatic heterocycles. The maximum absolute atomic E-state index is 4.40. The summed E-state index contributed by atoms with van der Waals surface area (Å²) in [6.45, 7) is 3.00. The predicted molar refractivity (Wildman–Crippen MR) is 71.9 cm³/mol. The van der Waals surface area contributed by atoms with Crippen LogP contribution < -0.4 is 5.32 Å². The molecular weight excluding hydrogens is 278 g/mol. The molecule has 1 heterocycles. The first-order valence-corrected chi connectivity index (χ1v) is 7.25. The predicted octanol–water partition coefficient (Wildman–Crippen LogP) is 3.40. The van der Waals surface area contributed by atoms with Crippen LogP contribution in [0.5, 0.6) is 0 Å². The van der Waals surface area contributed by atoms with Gasteiger partial charge in [0.15, 0.2) is 0 Å². The highest BCUT2D eigenvalue weighted by Gasteiger charge is 2.39. The van der Waals surface area contributed by atoms with Gasteiger partial charge in [-0.25, -0.2) is 9.97 Å². The molecule has 0 saturated heterocycles. The minimum atomic E-state index is 0.815. The Morgan fingerprint density at radius 3 is 2.88 bits per heavy atom. The molecule has 17 heavy (non-hydrogen) atoms. The Morgan fingerprint density at radius 1 is 1.35 bits per heavy atom. The fraction of sp³-hybridized carbons (Fsp3) is 0.692. The van der Waals surface area contributed by atoms with E-state index < -0.39 is 0 Å². The van der Waals surface area contributed by atoms with Crippen molar-refractivity contribution >= 4 is 21.7 Å². The van der Waals surface area contributed by atoms with Gasteiger partial charge in [-0.15, -0.1) is 0 Å². The lowest BCUT2D eigenvalue weighted by Gasteiger charge is -2.22. The lowest BCUT2D eigenvalue weighted by atomic mass is 9.89. The van der Waals surface area contributed by atoms with Crippen molar-refractivity contribution in [2.24, 2.45) is 17.8 Å². The average molecular weight is 296 g/mol. The topological polar surface area (TPSA) is 37.8 Å². The zero-order chi connectivity index (χ0) is 11.8. The summed E-state index contributed by atoms with van der Waals surface area (Å²) in [5.41, 5.74) is 0. The van der Waals surface area contributed by atoms with Crippen molar-refractivity contribution in [1.29, 1.82) is 0 Å². The largest absolute Gasteiger partial charge is 0.370 e. The monoisotopic (exact) mass is 295 g/mol. The summed E-state index contributed by atoms with van der Waals surface area (Å²) in [5.74, 6) is 4.62. The van der Waals surface area contributed by atoms with Crippen LogP contribution in [0.1, 0.15) is 31.5 Å². The number of fused-ring (bicyclic) bond motifs is 2. The van der Waals surface area contributed by atoms with Crippen molar-refractivity contribution in [3.63, 3.8) is 0 Å². The lowest BCUT2D eigenvalue weighted by molar-refractivity contribution is 0.348. The van der Waals surface area contributed by atoms with Crippen molar-refractivity contribution in [3.8, 4) is 0 Å². The highest BCUT2D eigenvalue weighted by atomic mass is 79.9. The van der Waals surface area contributed by atoms with Crippen LogP contribution in [0.4, 0.5) is 5.82 Å². The number of hydrogen-bond acceptors (Lipinski definition) is 3. The number of aryl methyl sites for hydroxylation is 1. The second kappa shape index (κ2) is 4.56. The smallest absolute Gasteiger partial charge is 0.130 e. The molecular formula is C13H18BrN3. The van der Waals surface area contributed by atoms with Crippen LogP contribution in [-0.4, -0.2) is 16.5 Å². The molecule has 0 radical (unpaired) electrons. The van der Waals surface area contributed by atoms with Crippen LogP contribution in [0.3, 0.4) is 0 Å². The third-order valence-corrected chi connectivity index (χ3v) is 4.64. The lowest BCUT2D eigenvalue weighted by Crippen LogP contribution is -2.20.